The third kappa shape index (κ3) is 1.30. The summed E-state index contributed by atoms with van der Waals surface area (Å²) in [7, 11) is 0.282. The molecule has 0 saturated heterocycles. The van der Waals surface area contributed by atoms with Gasteiger partial charge < -0.3 is 4.74 Å². The molecule has 18 heavy (non-hydrogen) atoms. The topological polar surface area (TPSA) is 9.23 Å². The molecule has 0 unspecified atom stereocenters. The van der Waals surface area contributed by atoms with Gasteiger partial charge in [-0.25, -0.2) is 0 Å². The summed E-state index contributed by atoms with van der Waals surface area (Å²) in [4.78, 5) is 0. The normalized spacial score (nSPS) is 15.3. The smallest absolute Gasteiger partial charge is 0.0857 e. The molecule has 3 rings (SSSR count). The van der Waals surface area contributed by atoms with Crippen molar-refractivity contribution in [3.63, 3.8) is 0 Å². The Morgan fingerprint density at radius 1 is 1.17 bits per heavy atom. The molecule has 0 saturated carbocycles. The van der Waals surface area contributed by atoms with Gasteiger partial charge in [-0.2, -0.15) is 12.1 Å². The van der Waals surface area contributed by atoms with Crippen LogP contribution in [0.5, 0.6) is 5.75 Å². The van der Waals surface area contributed by atoms with Crippen LogP contribution in [0.15, 0.2) is 36.4 Å². The van der Waals surface area contributed by atoms with Crippen molar-refractivity contribution in [1.29, 1.82) is 0 Å². The maximum Gasteiger partial charge on any atom is 0.0857 e. The Kier molecular flexibility index (Phi) is 2.63. The van der Waals surface area contributed by atoms with Crippen LogP contribution in [0.3, 0.4) is 0 Å². The van der Waals surface area contributed by atoms with Crippen LogP contribution in [-0.4, -0.2) is 15.2 Å². The largest absolute Gasteiger partial charge is 0.505 e. The van der Waals surface area contributed by atoms with E-state index in [1.807, 2.05) is 0 Å². The molecule has 1 heterocycles. The first kappa shape index (κ1) is 11.7. The lowest BCUT2D eigenvalue weighted by atomic mass is 10.1. The standard InChI is InChI=1S/C16H19OSi/c1-4-18(5-2)15-8-6-7-13(15)14-11-12(17-3)9-10-16(14)18/h6-11H,4-5H2,1-3H3/q-1. The Morgan fingerprint density at radius 3 is 2.61 bits per heavy atom. The first-order valence-corrected chi connectivity index (χ1v) is 9.13. The van der Waals surface area contributed by atoms with Gasteiger partial charge in [0.25, 0.3) is 0 Å². The molecule has 0 amide bonds. The highest BCUT2D eigenvalue weighted by Crippen LogP contribution is 2.34. The van der Waals surface area contributed by atoms with Gasteiger partial charge in [0, 0.05) is 0 Å². The molecule has 0 spiro atoms. The summed E-state index contributed by atoms with van der Waals surface area (Å²) in [5, 5.41) is 3.25. The summed E-state index contributed by atoms with van der Waals surface area (Å²) in [5.41, 5.74) is 2.88. The van der Waals surface area contributed by atoms with Crippen molar-refractivity contribution < 1.29 is 4.74 Å². The predicted molar refractivity (Wildman–Crippen MR) is 80.0 cm³/mol. The first-order chi connectivity index (χ1) is 8.76. The monoisotopic (exact) mass is 255 g/mol. The van der Waals surface area contributed by atoms with Gasteiger partial charge in [0.1, 0.15) is 0 Å². The lowest BCUT2D eigenvalue weighted by Crippen LogP contribution is -2.53. The second kappa shape index (κ2) is 4.06. The Balaban J connectivity index is 2.30. The van der Waals surface area contributed by atoms with E-state index in [1.165, 1.54) is 23.2 Å². The molecule has 0 radical (unpaired) electrons. The fourth-order valence-electron chi connectivity index (χ4n) is 3.52. The Hall–Kier alpha value is -1.41. The average Bonchev–Trinajstić information content (AvgIpc) is 2.98. The van der Waals surface area contributed by atoms with Crippen LogP contribution >= 0.6 is 0 Å². The minimum absolute atomic E-state index is 0.970. The molecule has 0 bridgehead atoms. The minimum Gasteiger partial charge on any atom is -0.505 e. The van der Waals surface area contributed by atoms with Crippen molar-refractivity contribution in [3.8, 4) is 16.9 Å². The summed E-state index contributed by atoms with van der Waals surface area (Å²) in [6, 6.07) is 16.1. The van der Waals surface area contributed by atoms with Crippen LogP contribution in [0.4, 0.5) is 0 Å². The molecule has 0 N–H and O–H groups in total. The van der Waals surface area contributed by atoms with Gasteiger partial charge in [-0.05, 0) is 6.07 Å². The SMILES string of the molecule is CC[Si]1(CC)c2ccc(OC)cc2-[c-]2cccc21. The van der Waals surface area contributed by atoms with Crippen LogP contribution < -0.4 is 15.1 Å². The number of fused-ring (bicyclic) bond motifs is 3. The molecule has 0 aliphatic carbocycles. The van der Waals surface area contributed by atoms with Crippen molar-refractivity contribution in [2.45, 2.75) is 25.9 Å². The first-order valence-electron chi connectivity index (χ1n) is 6.72. The Bertz CT molecular complexity index is 579. The van der Waals surface area contributed by atoms with E-state index in [-0.39, 0.29) is 0 Å². The van der Waals surface area contributed by atoms with E-state index in [4.69, 9.17) is 4.74 Å². The van der Waals surface area contributed by atoms with Crippen molar-refractivity contribution in [2.75, 3.05) is 7.11 Å². The predicted octanol–water partition coefficient (Wildman–Crippen LogP) is 3.00. The highest BCUT2D eigenvalue weighted by molar-refractivity contribution is 7.05. The van der Waals surface area contributed by atoms with Crippen LogP contribution in [0.2, 0.25) is 12.1 Å². The lowest BCUT2D eigenvalue weighted by molar-refractivity contribution is 0.415. The van der Waals surface area contributed by atoms with Gasteiger partial charge in [0.2, 0.25) is 0 Å². The van der Waals surface area contributed by atoms with Crippen molar-refractivity contribution in [1.82, 2.24) is 0 Å². The van der Waals surface area contributed by atoms with Gasteiger partial charge in [-0.1, -0.05) is 43.6 Å². The molecule has 0 atom stereocenters. The molecule has 1 aliphatic heterocycles. The van der Waals surface area contributed by atoms with E-state index < -0.39 is 8.07 Å². The van der Waals surface area contributed by atoms with Gasteiger partial charge in [-0.15, -0.1) is 22.0 Å². The van der Waals surface area contributed by atoms with Crippen LogP contribution in [-0.2, 0) is 0 Å². The van der Waals surface area contributed by atoms with Gasteiger partial charge >= 0.3 is 0 Å². The summed E-state index contributed by atoms with van der Waals surface area (Å²) >= 11 is 0. The molecule has 0 fully saturated rings. The molecule has 1 nitrogen and oxygen atoms in total. The Labute approximate surface area is 110 Å². The third-order valence-corrected chi connectivity index (χ3v) is 9.92. The average molecular weight is 255 g/mol. The number of hydrogen-bond donors (Lipinski definition) is 0. The minimum atomic E-state index is -1.46. The maximum atomic E-state index is 5.38. The molecule has 94 valence electrons. The van der Waals surface area contributed by atoms with E-state index in [2.05, 4.69) is 50.2 Å². The number of rotatable bonds is 3. The van der Waals surface area contributed by atoms with Crippen LogP contribution in [0.1, 0.15) is 13.8 Å². The summed E-state index contributed by atoms with van der Waals surface area (Å²) in [5.74, 6) is 0.970. The zero-order valence-corrected chi connectivity index (χ0v) is 12.3. The van der Waals surface area contributed by atoms with E-state index in [1.54, 1.807) is 17.5 Å². The van der Waals surface area contributed by atoms with Gasteiger partial charge in [0.15, 0.2) is 0 Å². The summed E-state index contributed by atoms with van der Waals surface area (Å²) < 4.78 is 5.38. The quantitative estimate of drug-likeness (QED) is 0.605. The molecule has 0 aromatic heterocycles. The fourth-order valence-corrected chi connectivity index (χ4v) is 8.11. The van der Waals surface area contributed by atoms with E-state index in [0.29, 0.717) is 0 Å². The maximum absolute atomic E-state index is 5.38. The highest BCUT2D eigenvalue weighted by Gasteiger charge is 2.37. The molecular weight excluding hydrogens is 236 g/mol. The van der Waals surface area contributed by atoms with E-state index >= 15 is 0 Å². The summed E-state index contributed by atoms with van der Waals surface area (Å²) in [6.45, 7) is 4.71. The number of benzene rings is 1. The highest BCUT2D eigenvalue weighted by atomic mass is 28.3. The van der Waals surface area contributed by atoms with Crippen molar-refractivity contribution in [3.05, 3.63) is 36.4 Å². The van der Waals surface area contributed by atoms with E-state index in [9.17, 15) is 0 Å². The summed E-state index contributed by atoms with van der Waals surface area (Å²) in [6.07, 6.45) is 0. The zero-order chi connectivity index (χ0) is 12.8. The third-order valence-electron chi connectivity index (χ3n) is 4.57. The Morgan fingerprint density at radius 2 is 1.94 bits per heavy atom. The molecular formula is C16H19OSi-. The second-order valence-corrected chi connectivity index (χ2v) is 9.71. The second-order valence-electron chi connectivity index (χ2n) is 5.05. The number of methoxy groups -OCH3 is 1. The van der Waals surface area contributed by atoms with Crippen LogP contribution in [0, 0.1) is 0 Å². The van der Waals surface area contributed by atoms with Crippen LogP contribution in [0.25, 0.3) is 11.1 Å². The lowest BCUT2D eigenvalue weighted by Gasteiger charge is -2.30. The molecule has 2 heteroatoms. The van der Waals surface area contributed by atoms with Crippen molar-refractivity contribution >= 4 is 18.4 Å². The number of ether oxygens (including phenoxy) is 1. The zero-order valence-electron chi connectivity index (χ0n) is 11.3. The van der Waals surface area contributed by atoms with Gasteiger partial charge in [-0.3, -0.25) is 0 Å². The van der Waals surface area contributed by atoms with Crippen molar-refractivity contribution in [2.24, 2.45) is 0 Å². The fraction of sp³-hybridized carbons (Fsp3) is 0.312. The molecule has 2 aromatic rings. The molecule has 1 aliphatic rings. The van der Waals surface area contributed by atoms with Gasteiger partial charge in [0.05, 0.1) is 20.9 Å². The van der Waals surface area contributed by atoms with E-state index in [0.717, 1.165) is 5.75 Å². The molecule has 2 aromatic carbocycles. The number of hydrogen-bond acceptors (Lipinski definition) is 1.